The van der Waals surface area contributed by atoms with Gasteiger partial charge in [-0.05, 0) is 20.3 Å². The summed E-state index contributed by atoms with van der Waals surface area (Å²) < 4.78 is 22.9. The maximum Gasteiger partial charge on any atom is 0.187 e. The Hall–Kier alpha value is -0.210. The summed E-state index contributed by atoms with van der Waals surface area (Å²) >= 11 is 0. The average Bonchev–Trinajstić information content (AvgIpc) is 3.02. The van der Waals surface area contributed by atoms with Gasteiger partial charge in [0.25, 0.3) is 0 Å². The molecule has 5 unspecified atom stereocenters. The zero-order valence-corrected chi connectivity index (χ0v) is 20.1. The van der Waals surface area contributed by atoms with Crippen LogP contribution >= 0.6 is 13.5 Å². The van der Waals surface area contributed by atoms with Crippen molar-refractivity contribution < 1.29 is 49.6 Å². The summed E-state index contributed by atoms with van der Waals surface area (Å²) in [5, 5.41) is 61.6. The van der Waals surface area contributed by atoms with Gasteiger partial charge in [-0.25, -0.2) is 0 Å². The van der Waals surface area contributed by atoms with Gasteiger partial charge in [-0.1, -0.05) is 0 Å². The highest BCUT2D eigenvalue weighted by Gasteiger charge is 2.52. The van der Waals surface area contributed by atoms with E-state index >= 15 is 0 Å². The van der Waals surface area contributed by atoms with Crippen molar-refractivity contribution in [3.63, 3.8) is 0 Å². The van der Waals surface area contributed by atoms with E-state index in [-0.39, 0.29) is 19.9 Å². The molecule has 0 aromatic carbocycles. The number of aliphatic hydroxyl groups excluding tert-OH is 6. The molecule has 15 heteroatoms. The van der Waals surface area contributed by atoms with Crippen LogP contribution in [0.15, 0.2) is 0 Å². The lowest BCUT2D eigenvalue weighted by Crippen LogP contribution is -2.68. The number of rotatable bonds is 6. The number of ether oxygens (including phenoxy) is 4. The minimum absolute atomic E-state index is 0. The zero-order valence-electron chi connectivity index (χ0n) is 19.1. The van der Waals surface area contributed by atoms with E-state index in [1.165, 1.54) is 6.92 Å². The molecule has 2 saturated heterocycles. The predicted octanol–water partition coefficient (Wildman–Crippen LogP) is -5.76. The zero-order chi connectivity index (χ0) is 24.8. The van der Waals surface area contributed by atoms with Crippen molar-refractivity contribution >= 4 is 13.5 Å². The van der Waals surface area contributed by atoms with Gasteiger partial charge in [0.05, 0.1) is 18.2 Å². The third-order valence-electron chi connectivity index (χ3n) is 6.58. The quantitative estimate of drug-likeness (QED) is 0.158. The molecule has 0 spiro atoms. The minimum Gasteiger partial charge on any atom is -0.391 e. The molecule has 2 heterocycles. The van der Waals surface area contributed by atoms with Crippen molar-refractivity contribution in [2.75, 3.05) is 0 Å². The molecular formula is C19H40N4O10S. The highest BCUT2D eigenvalue weighted by atomic mass is 32.1. The lowest BCUT2D eigenvalue weighted by molar-refractivity contribution is -0.315. The van der Waals surface area contributed by atoms with Gasteiger partial charge in [0.1, 0.15) is 48.8 Å². The molecule has 1 saturated carbocycles. The first kappa shape index (κ1) is 30.0. The Morgan fingerprint density at radius 3 is 1.79 bits per heavy atom. The lowest BCUT2D eigenvalue weighted by atomic mass is 9.84. The van der Waals surface area contributed by atoms with Crippen molar-refractivity contribution in [2.45, 2.75) is 118 Å². The monoisotopic (exact) mass is 516 g/mol. The topological polar surface area (TPSA) is 262 Å². The second-order valence-corrected chi connectivity index (χ2v) is 9.33. The van der Waals surface area contributed by atoms with E-state index in [0.29, 0.717) is 0 Å². The second kappa shape index (κ2) is 11.9. The molecule has 0 radical (unpaired) electrons. The van der Waals surface area contributed by atoms with Crippen LogP contribution in [0.5, 0.6) is 0 Å². The van der Waals surface area contributed by atoms with Gasteiger partial charge in [0, 0.05) is 18.1 Å². The summed E-state index contributed by atoms with van der Waals surface area (Å²) in [5.74, 6) is 0. The van der Waals surface area contributed by atoms with Crippen molar-refractivity contribution in [3.05, 3.63) is 0 Å². The van der Waals surface area contributed by atoms with E-state index in [2.05, 4.69) is 0 Å². The van der Waals surface area contributed by atoms with Crippen molar-refractivity contribution in [3.8, 4) is 0 Å². The third kappa shape index (κ3) is 5.85. The van der Waals surface area contributed by atoms with Gasteiger partial charge < -0.3 is 72.5 Å². The van der Waals surface area contributed by atoms with Crippen LogP contribution in [0.2, 0.25) is 0 Å². The molecule has 0 amide bonds. The summed E-state index contributed by atoms with van der Waals surface area (Å²) in [6.45, 7) is 2.96. The van der Waals surface area contributed by atoms with Gasteiger partial charge in [0.2, 0.25) is 0 Å². The number of hydrogen-bond donors (Lipinski definition) is 10. The van der Waals surface area contributed by atoms with Gasteiger partial charge in [0.15, 0.2) is 12.6 Å². The van der Waals surface area contributed by atoms with Crippen molar-refractivity contribution in [2.24, 2.45) is 22.9 Å². The van der Waals surface area contributed by atoms with Crippen LogP contribution in [0.25, 0.3) is 0 Å². The van der Waals surface area contributed by atoms with Crippen LogP contribution in [-0.2, 0) is 18.9 Å². The Balaban J connectivity index is 0.00000408. The molecule has 3 fully saturated rings. The van der Waals surface area contributed by atoms with E-state index in [9.17, 15) is 30.6 Å². The normalized spacial score (nSPS) is 51.5. The first-order valence-corrected chi connectivity index (χ1v) is 11.1. The van der Waals surface area contributed by atoms with Crippen LogP contribution in [0.4, 0.5) is 0 Å². The lowest BCUT2D eigenvalue weighted by Gasteiger charge is -2.47. The number of hydrogen-bond acceptors (Lipinski definition) is 14. The average molecular weight is 517 g/mol. The summed E-state index contributed by atoms with van der Waals surface area (Å²) in [7, 11) is 0. The smallest absolute Gasteiger partial charge is 0.187 e. The molecule has 1 aliphatic carbocycles. The molecule has 3 rings (SSSR count). The first-order valence-electron chi connectivity index (χ1n) is 11.1. The molecular weight excluding hydrogens is 476 g/mol. The predicted molar refractivity (Wildman–Crippen MR) is 121 cm³/mol. The molecule has 14 N–H and O–H groups in total. The van der Waals surface area contributed by atoms with Gasteiger partial charge in [-0.2, -0.15) is 13.5 Å². The largest absolute Gasteiger partial charge is 0.391 e. The Bertz CT molecular complexity index is 654. The molecule has 202 valence electrons. The Morgan fingerprint density at radius 1 is 0.735 bits per heavy atom. The maximum atomic E-state index is 10.7. The summed E-state index contributed by atoms with van der Waals surface area (Å²) in [6, 6.07) is -3.41. The van der Waals surface area contributed by atoms with E-state index in [0.717, 1.165) is 0 Å². The number of nitrogens with two attached hydrogens (primary N) is 4. The van der Waals surface area contributed by atoms with Crippen LogP contribution in [-0.4, -0.2) is 128 Å². The fraction of sp³-hybridized carbons (Fsp3) is 1.00. The number of aliphatic hydroxyl groups is 6. The van der Waals surface area contributed by atoms with Gasteiger partial charge in [-0.15, -0.1) is 0 Å². The van der Waals surface area contributed by atoms with E-state index in [4.69, 9.17) is 41.9 Å². The van der Waals surface area contributed by atoms with Crippen LogP contribution in [0.3, 0.4) is 0 Å². The Labute approximate surface area is 204 Å². The van der Waals surface area contributed by atoms with Crippen molar-refractivity contribution in [1.29, 1.82) is 0 Å². The molecule has 34 heavy (non-hydrogen) atoms. The summed E-state index contributed by atoms with van der Waals surface area (Å²) in [6.07, 6.45) is -15.2. The van der Waals surface area contributed by atoms with Gasteiger partial charge >= 0.3 is 0 Å². The standard InChI is InChI=1S/C19H38N4O10.H2S/c1-4(20)14-12(28)13(29)19(30-14)33-17-9(25)6(21)3-7(22)16(17)32-18-8(23)10(26)11(27)15(31-18)5(2)24;/h4-19,24-29H,3,20-23H2,1-2H3;1H2/t4-,5+,6+,7?,8?,9?,10+,11-,12+,13?,14+,15?,16+,17+,18+,19-;/m0./s1. The SMILES string of the molecule is C[C@H](N)[C@H]1O[C@@H](O[C@@H]2C(O)[C@H](N)CC(N)[C@H]2O[C@H]2OC([C@@H](C)O)[C@@H](O)[C@H](O)C2N)C(O)[C@H]1O.S. The molecule has 2 aliphatic heterocycles. The molecule has 0 aromatic heterocycles. The fourth-order valence-corrected chi connectivity index (χ4v) is 4.57. The van der Waals surface area contributed by atoms with E-state index in [1.807, 2.05) is 0 Å². The molecule has 16 atom stereocenters. The third-order valence-corrected chi connectivity index (χ3v) is 6.58. The highest BCUT2D eigenvalue weighted by Crippen LogP contribution is 2.32. The Morgan fingerprint density at radius 2 is 1.26 bits per heavy atom. The molecule has 0 aromatic rings. The van der Waals surface area contributed by atoms with Gasteiger partial charge in [-0.3, -0.25) is 0 Å². The second-order valence-electron chi connectivity index (χ2n) is 9.33. The molecule has 0 bridgehead atoms. The van der Waals surface area contributed by atoms with Crippen molar-refractivity contribution in [1.82, 2.24) is 0 Å². The van der Waals surface area contributed by atoms with E-state index < -0.39 is 97.8 Å². The summed E-state index contributed by atoms with van der Waals surface area (Å²) in [5.41, 5.74) is 24.0. The van der Waals surface area contributed by atoms with E-state index in [1.54, 1.807) is 6.92 Å². The molecule has 14 nitrogen and oxygen atoms in total. The fourth-order valence-electron chi connectivity index (χ4n) is 4.57. The molecule has 3 aliphatic rings. The van der Waals surface area contributed by atoms with Crippen LogP contribution in [0.1, 0.15) is 20.3 Å². The minimum atomic E-state index is -1.48. The maximum absolute atomic E-state index is 10.7. The first-order chi connectivity index (χ1) is 15.3. The summed E-state index contributed by atoms with van der Waals surface area (Å²) in [4.78, 5) is 0. The highest BCUT2D eigenvalue weighted by molar-refractivity contribution is 7.59. The van der Waals surface area contributed by atoms with Crippen LogP contribution in [0, 0.1) is 0 Å². The van der Waals surface area contributed by atoms with Crippen LogP contribution < -0.4 is 22.9 Å². The Kier molecular flexibility index (Phi) is 10.5.